The molecule has 1 saturated heterocycles. The lowest BCUT2D eigenvalue weighted by atomic mass is 9.99. The Morgan fingerprint density at radius 3 is 2.83 bits per heavy atom. The Hall–Kier alpha value is -1.82. The van der Waals surface area contributed by atoms with Crippen LogP contribution in [0, 0.1) is 12.8 Å². The zero-order valence-corrected chi connectivity index (χ0v) is 14.6. The topological polar surface area (TPSA) is 56.9 Å². The first-order chi connectivity index (χ1) is 11.7. The van der Waals surface area contributed by atoms with Crippen molar-refractivity contribution in [2.24, 2.45) is 13.0 Å². The first-order valence-electron chi connectivity index (χ1n) is 9.11. The van der Waals surface area contributed by atoms with Gasteiger partial charge in [-0.1, -0.05) is 12.8 Å². The molecule has 6 nitrogen and oxygen atoms in total. The van der Waals surface area contributed by atoms with Crippen molar-refractivity contribution >= 4 is 5.69 Å². The van der Waals surface area contributed by atoms with Crippen LogP contribution in [0.4, 0.5) is 5.69 Å². The van der Waals surface area contributed by atoms with E-state index in [1.165, 1.54) is 31.4 Å². The van der Waals surface area contributed by atoms with Gasteiger partial charge in [0.2, 0.25) is 0 Å². The number of nitrogens with zero attached hydrogens (tertiary/aromatic N) is 4. The molecule has 2 aliphatic rings. The molecule has 0 unspecified atom stereocenters. The van der Waals surface area contributed by atoms with Gasteiger partial charge in [-0.25, -0.2) is 0 Å². The van der Waals surface area contributed by atoms with Crippen LogP contribution in [0.15, 0.2) is 18.5 Å². The smallest absolute Gasteiger partial charge is 0.104 e. The molecule has 4 rings (SSSR count). The molecular weight excluding hydrogens is 302 g/mol. The molecule has 2 atom stereocenters. The van der Waals surface area contributed by atoms with E-state index in [1.807, 2.05) is 24.1 Å². The van der Waals surface area contributed by atoms with Crippen LogP contribution in [-0.4, -0.2) is 32.7 Å². The van der Waals surface area contributed by atoms with Crippen molar-refractivity contribution in [3.05, 3.63) is 29.8 Å². The number of aryl methyl sites for hydroxylation is 1. The van der Waals surface area contributed by atoms with Crippen LogP contribution < -0.4 is 5.32 Å². The van der Waals surface area contributed by atoms with Crippen LogP contribution in [0.3, 0.4) is 0 Å². The van der Waals surface area contributed by atoms with Crippen LogP contribution in [0.5, 0.6) is 0 Å². The minimum atomic E-state index is 0.134. The summed E-state index contributed by atoms with van der Waals surface area (Å²) in [6.45, 7) is 3.91. The van der Waals surface area contributed by atoms with Gasteiger partial charge in [0.1, 0.15) is 6.10 Å². The molecule has 130 valence electrons. The minimum absolute atomic E-state index is 0.134. The second-order valence-corrected chi connectivity index (χ2v) is 7.13. The number of anilines is 1. The van der Waals surface area contributed by atoms with Gasteiger partial charge in [0.25, 0.3) is 0 Å². The predicted molar refractivity (Wildman–Crippen MR) is 93.0 cm³/mol. The summed E-state index contributed by atoms with van der Waals surface area (Å²) in [4.78, 5) is 0. The zero-order valence-electron chi connectivity index (χ0n) is 14.6. The molecule has 0 radical (unpaired) electrons. The summed E-state index contributed by atoms with van der Waals surface area (Å²) in [6, 6.07) is 2.66. The Kier molecular flexibility index (Phi) is 4.31. The largest absolute Gasteiger partial charge is 0.382 e. The molecule has 1 N–H and O–H groups in total. The van der Waals surface area contributed by atoms with Crippen molar-refractivity contribution in [2.45, 2.75) is 51.2 Å². The number of hydrogen-bond donors (Lipinski definition) is 1. The molecule has 0 aromatic carbocycles. The molecule has 1 aliphatic heterocycles. The number of aromatic nitrogens is 4. The van der Waals surface area contributed by atoms with Crippen LogP contribution in [-0.2, 0) is 11.8 Å². The van der Waals surface area contributed by atoms with Crippen LogP contribution in [0.2, 0.25) is 0 Å². The van der Waals surface area contributed by atoms with Gasteiger partial charge in [-0.05, 0) is 32.3 Å². The Balaban J connectivity index is 1.42. The normalized spacial score (nSPS) is 24.8. The molecule has 6 heteroatoms. The molecule has 0 bridgehead atoms. The lowest BCUT2D eigenvalue weighted by Gasteiger charge is -2.20. The zero-order chi connectivity index (χ0) is 16.5. The van der Waals surface area contributed by atoms with Gasteiger partial charge in [0.05, 0.1) is 29.3 Å². The summed E-state index contributed by atoms with van der Waals surface area (Å²) < 4.78 is 10.1. The third-order valence-corrected chi connectivity index (χ3v) is 5.63. The van der Waals surface area contributed by atoms with Crippen molar-refractivity contribution in [3.8, 4) is 0 Å². The van der Waals surface area contributed by atoms with Crippen molar-refractivity contribution in [2.75, 3.05) is 18.5 Å². The second kappa shape index (κ2) is 6.59. The van der Waals surface area contributed by atoms with Crippen LogP contribution in [0.1, 0.15) is 55.6 Å². The molecule has 24 heavy (non-hydrogen) atoms. The molecule has 1 aliphatic carbocycles. The van der Waals surface area contributed by atoms with Crippen molar-refractivity contribution in [1.82, 2.24) is 19.6 Å². The lowest BCUT2D eigenvalue weighted by Crippen LogP contribution is -2.20. The standard InChI is InChI=1S/C18H27N5O/c1-13-16(12-21-23(13)15-5-3-4-6-15)19-11-14-8-10-24-18(14)17-7-9-20-22(17)2/h7,9,12,14-15,18-19H,3-6,8,10-11H2,1-2H3/t14-,18+/m0/s1. The number of hydrogen-bond acceptors (Lipinski definition) is 4. The third kappa shape index (κ3) is 2.83. The van der Waals surface area contributed by atoms with Gasteiger partial charge < -0.3 is 10.1 Å². The maximum absolute atomic E-state index is 5.97. The van der Waals surface area contributed by atoms with Gasteiger partial charge >= 0.3 is 0 Å². The summed E-state index contributed by atoms with van der Waals surface area (Å²) in [5.41, 5.74) is 3.59. The number of rotatable bonds is 5. The van der Waals surface area contributed by atoms with E-state index in [0.717, 1.165) is 31.0 Å². The summed E-state index contributed by atoms with van der Waals surface area (Å²) in [7, 11) is 1.98. The fourth-order valence-corrected chi connectivity index (χ4v) is 4.19. The SMILES string of the molecule is Cc1c(NC[C@@H]2CCO[C@H]2c2ccnn2C)cnn1C1CCCC1. The van der Waals surface area contributed by atoms with Gasteiger partial charge in [-0.15, -0.1) is 0 Å². The Morgan fingerprint density at radius 2 is 2.08 bits per heavy atom. The van der Waals surface area contributed by atoms with E-state index in [2.05, 4.69) is 33.2 Å². The highest BCUT2D eigenvalue weighted by Gasteiger charge is 2.31. The number of ether oxygens (including phenoxy) is 1. The van der Waals surface area contributed by atoms with E-state index in [-0.39, 0.29) is 6.10 Å². The summed E-state index contributed by atoms with van der Waals surface area (Å²) in [5.74, 6) is 0.467. The summed E-state index contributed by atoms with van der Waals surface area (Å²) in [5, 5.41) is 12.5. The molecule has 1 saturated carbocycles. The lowest BCUT2D eigenvalue weighted by molar-refractivity contribution is 0.0866. The second-order valence-electron chi connectivity index (χ2n) is 7.13. The van der Waals surface area contributed by atoms with Gasteiger partial charge in [-0.2, -0.15) is 10.2 Å². The first kappa shape index (κ1) is 15.7. The minimum Gasteiger partial charge on any atom is -0.382 e. The molecule has 0 spiro atoms. The quantitative estimate of drug-likeness (QED) is 0.915. The Morgan fingerprint density at radius 1 is 1.25 bits per heavy atom. The third-order valence-electron chi connectivity index (χ3n) is 5.63. The van der Waals surface area contributed by atoms with E-state index in [9.17, 15) is 0 Å². The average molecular weight is 329 g/mol. The molecule has 0 amide bonds. The predicted octanol–water partition coefficient (Wildman–Crippen LogP) is 3.23. The van der Waals surface area contributed by atoms with E-state index in [1.54, 1.807) is 0 Å². The molecular formula is C18H27N5O. The van der Waals surface area contributed by atoms with E-state index in [0.29, 0.717) is 12.0 Å². The van der Waals surface area contributed by atoms with Crippen molar-refractivity contribution in [1.29, 1.82) is 0 Å². The van der Waals surface area contributed by atoms with Crippen molar-refractivity contribution < 1.29 is 4.74 Å². The van der Waals surface area contributed by atoms with Crippen molar-refractivity contribution in [3.63, 3.8) is 0 Å². The summed E-state index contributed by atoms with van der Waals surface area (Å²) >= 11 is 0. The van der Waals surface area contributed by atoms with E-state index < -0.39 is 0 Å². The highest BCUT2D eigenvalue weighted by atomic mass is 16.5. The monoisotopic (exact) mass is 329 g/mol. The van der Waals surface area contributed by atoms with Crippen LogP contribution in [0.25, 0.3) is 0 Å². The molecule has 2 aromatic heterocycles. The maximum Gasteiger partial charge on any atom is 0.104 e. The van der Waals surface area contributed by atoms with E-state index in [4.69, 9.17) is 4.74 Å². The van der Waals surface area contributed by atoms with Crippen LogP contribution >= 0.6 is 0 Å². The maximum atomic E-state index is 5.97. The van der Waals surface area contributed by atoms with Gasteiger partial charge in [-0.3, -0.25) is 9.36 Å². The highest BCUT2D eigenvalue weighted by molar-refractivity contribution is 5.46. The first-order valence-corrected chi connectivity index (χ1v) is 9.11. The fourth-order valence-electron chi connectivity index (χ4n) is 4.19. The number of nitrogens with one attached hydrogen (secondary N) is 1. The summed E-state index contributed by atoms with van der Waals surface area (Å²) in [6.07, 6.45) is 10.2. The van der Waals surface area contributed by atoms with E-state index >= 15 is 0 Å². The van der Waals surface area contributed by atoms with Gasteiger partial charge in [0.15, 0.2) is 0 Å². The molecule has 3 heterocycles. The highest BCUT2D eigenvalue weighted by Crippen LogP contribution is 2.35. The van der Waals surface area contributed by atoms with Gasteiger partial charge in [0, 0.05) is 32.3 Å². The molecule has 2 fully saturated rings. The average Bonchev–Trinajstić information content (AvgIpc) is 3.32. The molecule has 2 aromatic rings. The Labute approximate surface area is 143 Å². The fraction of sp³-hybridized carbons (Fsp3) is 0.667. The Bertz CT molecular complexity index is 685.